The molecule has 2 rings (SSSR count). The Morgan fingerprint density at radius 1 is 1.30 bits per heavy atom. The van der Waals surface area contributed by atoms with Crippen molar-refractivity contribution in [1.29, 1.82) is 0 Å². The zero-order valence-electron chi connectivity index (χ0n) is 13.0. The van der Waals surface area contributed by atoms with E-state index in [-0.39, 0.29) is 30.9 Å². The van der Waals surface area contributed by atoms with Crippen LogP contribution in [0.1, 0.15) is 18.9 Å². The first-order valence-corrected chi connectivity index (χ1v) is 8.15. The number of benzene rings is 1. The number of amides is 2. The Hall–Kier alpha value is -1.89. The van der Waals surface area contributed by atoms with E-state index in [9.17, 15) is 14.4 Å². The quantitative estimate of drug-likeness (QED) is 0.737. The van der Waals surface area contributed by atoms with E-state index in [1.807, 2.05) is 26.0 Å². The van der Waals surface area contributed by atoms with Gasteiger partial charge in [-0.2, -0.15) is 0 Å². The minimum Gasteiger partial charge on any atom is -0.455 e. The number of carbonyl (C=O) groups excluding carboxylic acids is 3. The first kappa shape index (κ1) is 17.5. The van der Waals surface area contributed by atoms with E-state index in [0.717, 1.165) is 16.5 Å². The molecule has 0 unspecified atom stereocenters. The molecular formula is C16H19BrN2O4. The Bertz CT molecular complexity index is 633. The number of carbonyl (C=O) groups is 3. The summed E-state index contributed by atoms with van der Waals surface area (Å²) >= 11 is 3.35. The van der Waals surface area contributed by atoms with E-state index in [1.165, 1.54) is 0 Å². The maximum atomic E-state index is 11.8. The number of nitrogens with one attached hydrogen (secondary N) is 2. The maximum Gasteiger partial charge on any atom is 0.309 e. The van der Waals surface area contributed by atoms with Crippen molar-refractivity contribution in [3.8, 4) is 0 Å². The van der Waals surface area contributed by atoms with Gasteiger partial charge >= 0.3 is 5.97 Å². The Morgan fingerprint density at radius 2 is 2.00 bits per heavy atom. The minimum absolute atomic E-state index is 0.0773. The number of esters is 1. The van der Waals surface area contributed by atoms with Gasteiger partial charge in [-0.05, 0) is 43.0 Å². The van der Waals surface area contributed by atoms with Gasteiger partial charge in [0.2, 0.25) is 5.91 Å². The highest BCUT2D eigenvalue weighted by atomic mass is 79.9. The molecule has 0 radical (unpaired) electrons. The minimum atomic E-state index is -0.491. The highest BCUT2D eigenvalue weighted by molar-refractivity contribution is 9.10. The summed E-state index contributed by atoms with van der Waals surface area (Å²) in [6, 6.07) is 5.48. The number of rotatable bonds is 6. The van der Waals surface area contributed by atoms with Crippen LogP contribution in [-0.2, 0) is 19.1 Å². The lowest BCUT2D eigenvalue weighted by Crippen LogP contribution is -2.35. The zero-order valence-corrected chi connectivity index (χ0v) is 14.6. The molecule has 0 spiro atoms. The van der Waals surface area contributed by atoms with Crippen molar-refractivity contribution in [2.45, 2.75) is 20.3 Å². The predicted octanol–water partition coefficient (Wildman–Crippen LogP) is 2.01. The lowest BCUT2D eigenvalue weighted by molar-refractivity contribution is -0.150. The largest absolute Gasteiger partial charge is 0.455 e. The Labute approximate surface area is 143 Å². The number of halogens is 1. The van der Waals surface area contributed by atoms with Gasteiger partial charge in [-0.25, -0.2) is 0 Å². The molecule has 2 N–H and O–H groups in total. The highest BCUT2D eigenvalue weighted by Gasteiger charge is 2.40. The van der Waals surface area contributed by atoms with Crippen molar-refractivity contribution in [3.63, 3.8) is 0 Å². The lowest BCUT2D eigenvalue weighted by atomic mass is 10.2. The van der Waals surface area contributed by atoms with Crippen LogP contribution in [0, 0.1) is 18.8 Å². The molecule has 1 aliphatic rings. The molecule has 1 aromatic carbocycles. The molecule has 7 heteroatoms. The number of ether oxygens (including phenoxy) is 1. The number of hydrogen-bond acceptors (Lipinski definition) is 4. The first-order valence-electron chi connectivity index (χ1n) is 7.36. The fourth-order valence-electron chi connectivity index (χ4n) is 2.09. The summed E-state index contributed by atoms with van der Waals surface area (Å²) in [5.74, 6) is -0.917. The van der Waals surface area contributed by atoms with Gasteiger partial charge in [0.1, 0.15) is 0 Å². The first-order chi connectivity index (χ1) is 10.9. The molecule has 124 valence electrons. The van der Waals surface area contributed by atoms with Gasteiger partial charge in [0.25, 0.3) is 5.91 Å². The average Bonchev–Trinajstić information content (AvgIpc) is 3.22. The molecule has 1 fully saturated rings. The van der Waals surface area contributed by atoms with Gasteiger partial charge in [-0.3, -0.25) is 14.4 Å². The van der Waals surface area contributed by atoms with Gasteiger partial charge in [0.05, 0.1) is 12.5 Å². The standard InChI is InChI=1S/C16H19BrN2O4/c1-9-6-12(9)16(22)23-8-15(21)18-7-14(20)19-13-4-3-11(17)5-10(13)2/h3-5,9,12H,6-8H2,1-2H3,(H,18,21)(H,19,20)/t9-,12-/m0/s1. The molecular weight excluding hydrogens is 364 g/mol. The second-order valence-electron chi connectivity index (χ2n) is 5.71. The zero-order chi connectivity index (χ0) is 17.0. The molecule has 1 aliphatic carbocycles. The van der Waals surface area contributed by atoms with Gasteiger partial charge in [0.15, 0.2) is 6.61 Å². The SMILES string of the molecule is Cc1cc(Br)ccc1NC(=O)CNC(=O)COC(=O)[C@H]1C[C@@H]1C. The van der Waals surface area contributed by atoms with Crippen molar-refractivity contribution in [2.75, 3.05) is 18.5 Å². The second kappa shape index (κ2) is 7.59. The van der Waals surface area contributed by atoms with Crippen LogP contribution in [0.25, 0.3) is 0 Å². The summed E-state index contributed by atoms with van der Waals surface area (Å²) in [6.45, 7) is 3.30. The van der Waals surface area contributed by atoms with Crippen LogP contribution < -0.4 is 10.6 Å². The lowest BCUT2D eigenvalue weighted by Gasteiger charge is -2.10. The van der Waals surface area contributed by atoms with E-state index in [4.69, 9.17) is 4.74 Å². The number of aryl methyl sites for hydroxylation is 1. The van der Waals surface area contributed by atoms with Crippen LogP contribution in [0.15, 0.2) is 22.7 Å². The normalized spacial score (nSPS) is 18.9. The van der Waals surface area contributed by atoms with Crippen molar-refractivity contribution < 1.29 is 19.1 Å². The molecule has 0 bridgehead atoms. The van der Waals surface area contributed by atoms with Gasteiger partial charge in [0, 0.05) is 10.2 Å². The van der Waals surface area contributed by atoms with E-state index >= 15 is 0 Å². The third-order valence-electron chi connectivity index (χ3n) is 3.67. The van der Waals surface area contributed by atoms with Crippen LogP contribution in [0.4, 0.5) is 5.69 Å². The predicted molar refractivity (Wildman–Crippen MR) is 88.7 cm³/mol. The third-order valence-corrected chi connectivity index (χ3v) is 4.16. The smallest absolute Gasteiger partial charge is 0.309 e. The van der Waals surface area contributed by atoms with Crippen LogP contribution in [-0.4, -0.2) is 30.9 Å². The summed E-state index contributed by atoms with van der Waals surface area (Å²) in [6.07, 6.45) is 0.815. The molecule has 23 heavy (non-hydrogen) atoms. The van der Waals surface area contributed by atoms with E-state index < -0.39 is 5.91 Å². The van der Waals surface area contributed by atoms with E-state index in [0.29, 0.717) is 11.6 Å². The number of hydrogen-bond donors (Lipinski definition) is 2. The Balaban J connectivity index is 1.69. The van der Waals surface area contributed by atoms with Gasteiger partial charge in [-0.15, -0.1) is 0 Å². The molecule has 1 aromatic rings. The Morgan fingerprint density at radius 3 is 2.61 bits per heavy atom. The second-order valence-corrected chi connectivity index (χ2v) is 6.63. The molecule has 0 saturated heterocycles. The monoisotopic (exact) mass is 382 g/mol. The van der Waals surface area contributed by atoms with Crippen LogP contribution in [0.5, 0.6) is 0 Å². The number of anilines is 1. The van der Waals surface area contributed by atoms with Crippen LogP contribution in [0.3, 0.4) is 0 Å². The Kier molecular flexibility index (Phi) is 5.76. The van der Waals surface area contributed by atoms with Crippen LogP contribution in [0.2, 0.25) is 0 Å². The fourth-order valence-corrected chi connectivity index (χ4v) is 2.56. The van der Waals surface area contributed by atoms with Crippen molar-refractivity contribution in [2.24, 2.45) is 11.8 Å². The van der Waals surface area contributed by atoms with E-state index in [1.54, 1.807) is 6.07 Å². The van der Waals surface area contributed by atoms with Crippen molar-refractivity contribution in [1.82, 2.24) is 5.32 Å². The third kappa shape index (κ3) is 5.35. The molecule has 1 saturated carbocycles. The summed E-state index contributed by atoms with van der Waals surface area (Å²) in [4.78, 5) is 34.9. The molecule has 0 aliphatic heterocycles. The van der Waals surface area contributed by atoms with E-state index in [2.05, 4.69) is 26.6 Å². The topological polar surface area (TPSA) is 84.5 Å². The summed E-state index contributed by atoms with van der Waals surface area (Å²) in [7, 11) is 0. The average molecular weight is 383 g/mol. The summed E-state index contributed by atoms with van der Waals surface area (Å²) < 4.78 is 5.82. The molecule has 0 aromatic heterocycles. The molecule has 2 amide bonds. The summed E-state index contributed by atoms with van der Waals surface area (Å²) in [5, 5.41) is 5.13. The van der Waals surface area contributed by atoms with Crippen molar-refractivity contribution in [3.05, 3.63) is 28.2 Å². The molecule has 2 atom stereocenters. The molecule has 6 nitrogen and oxygen atoms in total. The van der Waals surface area contributed by atoms with Gasteiger partial charge in [-0.1, -0.05) is 22.9 Å². The molecule has 0 heterocycles. The van der Waals surface area contributed by atoms with Gasteiger partial charge < -0.3 is 15.4 Å². The fraction of sp³-hybridized carbons (Fsp3) is 0.438. The highest BCUT2D eigenvalue weighted by Crippen LogP contribution is 2.38. The van der Waals surface area contributed by atoms with Crippen molar-refractivity contribution >= 4 is 39.4 Å². The van der Waals surface area contributed by atoms with Crippen LogP contribution >= 0.6 is 15.9 Å². The summed E-state index contributed by atoms with van der Waals surface area (Å²) in [5.41, 5.74) is 1.59. The maximum absolute atomic E-state index is 11.8.